The van der Waals surface area contributed by atoms with Crippen LogP contribution in [0.5, 0.6) is 5.75 Å². The Hall–Kier alpha value is -1.55. The molecule has 1 fully saturated rings. The van der Waals surface area contributed by atoms with Gasteiger partial charge in [0.2, 0.25) is 5.91 Å². The molecule has 0 unspecified atom stereocenters. The van der Waals surface area contributed by atoms with Crippen molar-refractivity contribution in [3.8, 4) is 5.75 Å². The summed E-state index contributed by atoms with van der Waals surface area (Å²) in [5, 5.41) is 2.84. The Morgan fingerprint density at radius 3 is 2.67 bits per heavy atom. The molecule has 1 amide bonds. The number of hydrogen-bond acceptors (Lipinski definition) is 3. The van der Waals surface area contributed by atoms with E-state index in [0.29, 0.717) is 13.2 Å². The summed E-state index contributed by atoms with van der Waals surface area (Å²) < 4.78 is 5.56. The van der Waals surface area contributed by atoms with Crippen molar-refractivity contribution in [2.24, 2.45) is 5.73 Å². The molecular weight excluding hydrogens is 228 g/mol. The van der Waals surface area contributed by atoms with Gasteiger partial charge >= 0.3 is 0 Å². The zero-order chi connectivity index (χ0) is 13.0. The molecule has 1 saturated carbocycles. The van der Waals surface area contributed by atoms with E-state index in [-0.39, 0.29) is 5.91 Å². The van der Waals surface area contributed by atoms with Gasteiger partial charge in [-0.15, -0.1) is 0 Å². The highest BCUT2D eigenvalue weighted by Gasteiger charge is 2.45. The lowest BCUT2D eigenvalue weighted by Crippen LogP contribution is -2.43. The second-order valence-corrected chi connectivity index (χ2v) is 4.93. The lowest BCUT2D eigenvalue weighted by molar-refractivity contribution is -0.123. The minimum Gasteiger partial charge on any atom is -0.494 e. The minimum atomic E-state index is -0.572. The van der Waals surface area contributed by atoms with Gasteiger partial charge in [0.25, 0.3) is 0 Å². The smallest absolute Gasteiger partial charge is 0.240 e. The average molecular weight is 248 g/mol. The third-order valence-electron chi connectivity index (χ3n) is 3.14. The van der Waals surface area contributed by atoms with E-state index in [1.54, 1.807) is 0 Å². The molecule has 2 rings (SSSR count). The Labute approximate surface area is 108 Å². The number of amides is 1. The van der Waals surface area contributed by atoms with Gasteiger partial charge in [0, 0.05) is 6.54 Å². The molecule has 4 nitrogen and oxygen atoms in total. The third-order valence-corrected chi connectivity index (χ3v) is 3.14. The fraction of sp³-hybridized carbons (Fsp3) is 0.500. The maximum absolute atomic E-state index is 11.5. The fourth-order valence-electron chi connectivity index (χ4n) is 1.64. The standard InChI is InChI=1S/C14H20N2O2/c1-11-3-5-12(6-4-11)18-10-2-9-16-13(17)14(15)7-8-14/h3-6H,2,7-10,15H2,1H3,(H,16,17). The number of nitrogens with one attached hydrogen (secondary N) is 1. The van der Waals surface area contributed by atoms with E-state index in [0.717, 1.165) is 25.0 Å². The van der Waals surface area contributed by atoms with E-state index in [4.69, 9.17) is 10.5 Å². The van der Waals surface area contributed by atoms with Crippen LogP contribution in [0.25, 0.3) is 0 Å². The van der Waals surface area contributed by atoms with E-state index >= 15 is 0 Å². The van der Waals surface area contributed by atoms with Gasteiger partial charge in [0.05, 0.1) is 12.1 Å². The van der Waals surface area contributed by atoms with Crippen LogP contribution in [0.4, 0.5) is 0 Å². The normalized spacial score (nSPS) is 16.1. The van der Waals surface area contributed by atoms with Crippen molar-refractivity contribution in [2.75, 3.05) is 13.2 Å². The second kappa shape index (κ2) is 5.40. The highest BCUT2D eigenvalue weighted by atomic mass is 16.5. The quantitative estimate of drug-likeness (QED) is 0.747. The topological polar surface area (TPSA) is 64.3 Å². The summed E-state index contributed by atoms with van der Waals surface area (Å²) in [7, 11) is 0. The average Bonchev–Trinajstić information content (AvgIpc) is 3.10. The van der Waals surface area contributed by atoms with Crippen LogP contribution in [0.2, 0.25) is 0 Å². The molecule has 0 spiro atoms. The Morgan fingerprint density at radius 1 is 1.39 bits per heavy atom. The van der Waals surface area contributed by atoms with Gasteiger partial charge in [0.15, 0.2) is 0 Å². The molecule has 98 valence electrons. The Bertz CT molecular complexity index is 410. The van der Waals surface area contributed by atoms with E-state index in [2.05, 4.69) is 5.32 Å². The SMILES string of the molecule is Cc1ccc(OCCCNC(=O)C2(N)CC2)cc1. The fourth-order valence-corrected chi connectivity index (χ4v) is 1.64. The third kappa shape index (κ3) is 3.47. The van der Waals surface area contributed by atoms with Crippen LogP contribution < -0.4 is 15.8 Å². The molecule has 1 aromatic rings. The van der Waals surface area contributed by atoms with Crippen molar-refractivity contribution in [3.05, 3.63) is 29.8 Å². The van der Waals surface area contributed by atoms with Crippen LogP contribution in [0.1, 0.15) is 24.8 Å². The summed E-state index contributed by atoms with van der Waals surface area (Å²) in [5.74, 6) is 0.835. The largest absolute Gasteiger partial charge is 0.494 e. The Kier molecular flexibility index (Phi) is 3.87. The zero-order valence-corrected chi connectivity index (χ0v) is 10.7. The van der Waals surface area contributed by atoms with Crippen molar-refractivity contribution in [3.63, 3.8) is 0 Å². The first-order valence-corrected chi connectivity index (χ1v) is 6.37. The summed E-state index contributed by atoms with van der Waals surface area (Å²) in [4.78, 5) is 11.5. The number of hydrogen-bond donors (Lipinski definition) is 2. The van der Waals surface area contributed by atoms with Crippen LogP contribution in [0, 0.1) is 6.92 Å². The van der Waals surface area contributed by atoms with E-state index in [1.165, 1.54) is 5.56 Å². The molecule has 0 radical (unpaired) electrons. The monoisotopic (exact) mass is 248 g/mol. The summed E-state index contributed by atoms with van der Waals surface area (Å²) >= 11 is 0. The van der Waals surface area contributed by atoms with Crippen LogP contribution in [0.15, 0.2) is 24.3 Å². The van der Waals surface area contributed by atoms with E-state index < -0.39 is 5.54 Å². The molecule has 0 atom stereocenters. The van der Waals surface area contributed by atoms with Gasteiger partial charge in [-0.2, -0.15) is 0 Å². The van der Waals surface area contributed by atoms with Crippen molar-refractivity contribution in [1.82, 2.24) is 5.32 Å². The highest BCUT2D eigenvalue weighted by molar-refractivity contribution is 5.88. The lowest BCUT2D eigenvalue weighted by Gasteiger charge is -2.10. The van der Waals surface area contributed by atoms with Crippen molar-refractivity contribution < 1.29 is 9.53 Å². The van der Waals surface area contributed by atoms with E-state index in [9.17, 15) is 4.79 Å². The lowest BCUT2D eigenvalue weighted by atomic mass is 10.2. The molecule has 0 heterocycles. The van der Waals surface area contributed by atoms with Crippen molar-refractivity contribution >= 4 is 5.91 Å². The number of ether oxygens (including phenoxy) is 1. The first-order valence-electron chi connectivity index (χ1n) is 6.37. The first kappa shape index (κ1) is 12.9. The zero-order valence-electron chi connectivity index (χ0n) is 10.7. The van der Waals surface area contributed by atoms with Crippen LogP contribution >= 0.6 is 0 Å². The second-order valence-electron chi connectivity index (χ2n) is 4.93. The number of carbonyl (C=O) groups excluding carboxylic acids is 1. The Morgan fingerprint density at radius 2 is 2.06 bits per heavy atom. The summed E-state index contributed by atoms with van der Waals surface area (Å²) in [6, 6.07) is 7.94. The van der Waals surface area contributed by atoms with Gasteiger partial charge < -0.3 is 15.8 Å². The molecule has 1 aliphatic carbocycles. The first-order chi connectivity index (χ1) is 8.60. The number of aryl methyl sites for hydroxylation is 1. The van der Waals surface area contributed by atoms with Crippen molar-refractivity contribution in [2.45, 2.75) is 31.7 Å². The van der Waals surface area contributed by atoms with Gasteiger partial charge in [-0.05, 0) is 38.3 Å². The molecule has 4 heteroatoms. The molecule has 18 heavy (non-hydrogen) atoms. The maximum atomic E-state index is 11.5. The summed E-state index contributed by atoms with van der Waals surface area (Å²) in [5.41, 5.74) is 6.41. The molecule has 1 aromatic carbocycles. The predicted molar refractivity (Wildman–Crippen MR) is 70.5 cm³/mol. The molecule has 0 aromatic heterocycles. The molecule has 3 N–H and O–H groups in total. The number of benzene rings is 1. The van der Waals surface area contributed by atoms with Gasteiger partial charge in [-0.25, -0.2) is 0 Å². The van der Waals surface area contributed by atoms with Gasteiger partial charge in [-0.1, -0.05) is 17.7 Å². The predicted octanol–water partition coefficient (Wildman–Crippen LogP) is 1.37. The minimum absolute atomic E-state index is 0.0298. The summed E-state index contributed by atoms with van der Waals surface area (Å²) in [6.45, 7) is 3.25. The molecule has 0 bridgehead atoms. The molecule has 0 aliphatic heterocycles. The molecule has 1 aliphatic rings. The number of carbonyl (C=O) groups is 1. The number of nitrogens with two attached hydrogens (primary N) is 1. The maximum Gasteiger partial charge on any atom is 0.240 e. The van der Waals surface area contributed by atoms with Gasteiger partial charge in [-0.3, -0.25) is 4.79 Å². The highest BCUT2D eigenvalue weighted by Crippen LogP contribution is 2.31. The Balaban J connectivity index is 1.58. The molecule has 0 saturated heterocycles. The van der Waals surface area contributed by atoms with Crippen LogP contribution in [-0.4, -0.2) is 24.6 Å². The summed E-state index contributed by atoms with van der Waals surface area (Å²) in [6.07, 6.45) is 2.40. The molecular formula is C14H20N2O2. The van der Waals surface area contributed by atoms with Gasteiger partial charge in [0.1, 0.15) is 5.75 Å². The van der Waals surface area contributed by atoms with Crippen LogP contribution in [0.3, 0.4) is 0 Å². The number of rotatable bonds is 6. The van der Waals surface area contributed by atoms with Crippen LogP contribution in [-0.2, 0) is 4.79 Å². The van der Waals surface area contributed by atoms with Crippen molar-refractivity contribution in [1.29, 1.82) is 0 Å². The van der Waals surface area contributed by atoms with E-state index in [1.807, 2.05) is 31.2 Å².